The molecule has 0 aliphatic carbocycles. The number of aromatic hydroxyl groups is 1. The van der Waals surface area contributed by atoms with Crippen LogP contribution >= 0.6 is 11.6 Å². The van der Waals surface area contributed by atoms with Crippen LogP contribution in [0.2, 0.25) is 5.02 Å². The summed E-state index contributed by atoms with van der Waals surface area (Å²) in [6.07, 6.45) is -0.0779. The number of benzene rings is 1. The largest absolute Gasteiger partial charge is 0.506 e. The SMILES string of the molecule is CCOC(=O)Cc1ccc(Cl)c(C#N)c1O. The lowest BCUT2D eigenvalue weighted by Crippen LogP contribution is -2.07. The Hall–Kier alpha value is -1.73. The Morgan fingerprint density at radius 3 is 2.88 bits per heavy atom. The van der Waals surface area contributed by atoms with Gasteiger partial charge in [0, 0.05) is 5.56 Å². The molecule has 1 rings (SSSR count). The third-order valence-corrected chi connectivity index (χ3v) is 2.28. The maximum absolute atomic E-state index is 11.2. The summed E-state index contributed by atoms with van der Waals surface area (Å²) in [6.45, 7) is 1.97. The fourth-order valence-electron chi connectivity index (χ4n) is 1.23. The van der Waals surface area contributed by atoms with Crippen LogP contribution in [-0.2, 0) is 16.0 Å². The van der Waals surface area contributed by atoms with Crippen molar-refractivity contribution < 1.29 is 14.6 Å². The van der Waals surface area contributed by atoms with E-state index >= 15 is 0 Å². The molecule has 0 aliphatic heterocycles. The molecule has 16 heavy (non-hydrogen) atoms. The van der Waals surface area contributed by atoms with E-state index in [0.29, 0.717) is 5.56 Å². The first kappa shape index (κ1) is 12.3. The number of nitrogens with zero attached hydrogens (tertiary/aromatic N) is 1. The minimum atomic E-state index is -0.455. The normalized spacial score (nSPS) is 9.56. The molecule has 0 atom stereocenters. The van der Waals surface area contributed by atoms with Gasteiger partial charge in [0.2, 0.25) is 0 Å². The number of hydrogen-bond acceptors (Lipinski definition) is 4. The van der Waals surface area contributed by atoms with Gasteiger partial charge in [-0.05, 0) is 13.0 Å². The van der Waals surface area contributed by atoms with Crippen LogP contribution in [0.15, 0.2) is 12.1 Å². The molecule has 0 saturated carbocycles. The third-order valence-electron chi connectivity index (χ3n) is 1.96. The average Bonchev–Trinajstić information content (AvgIpc) is 2.23. The topological polar surface area (TPSA) is 70.3 Å². The summed E-state index contributed by atoms with van der Waals surface area (Å²) in [5.41, 5.74) is 0.308. The summed E-state index contributed by atoms with van der Waals surface area (Å²) < 4.78 is 4.74. The second-order valence-corrected chi connectivity index (χ2v) is 3.43. The molecule has 0 aliphatic rings. The number of rotatable bonds is 3. The first-order valence-corrected chi connectivity index (χ1v) is 5.04. The molecule has 0 spiro atoms. The maximum atomic E-state index is 11.2. The molecule has 1 N–H and O–H groups in total. The minimum Gasteiger partial charge on any atom is -0.506 e. The minimum absolute atomic E-state index is 0.0246. The number of carbonyl (C=O) groups is 1. The molecule has 1 aromatic carbocycles. The highest BCUT2D eigenvalue weighted by atomic mass is 35.5. The lowest BCUT2D eigenvalue weighted by molar-refractivity contribution is -0.142. The molecule has 0 amide bonds. The van der Waals surface area contributed by atoms with E-state index in [1.54, 1.807) is 13.0 Å². The lowest BCUT2D eigenvalue weighted by atomic mass is 10.1. The summed E-state index contributed by atoms with van der Waals surface area (Å²) in [4.78, 5) is 11.2. The van der Waals surface area contributed by atoms with Gasteiger partial charge in [-0.3, -0.25) is 4.79 Å². The number of phenols is 1. The van der Waals surface area contributed by atoms with Crippen molar-refractivity contribution in [1.29, 1.82) is 5.26 Å². The molecule has 0 saturated heterocycles. The van der Waals surface area contributed by atoms with E-state index in [2.05, 4.69) is 0 Å². The number of nitriles is 1. The highest BCUT2D eigenvalue weighted by molar-refractivity contribution is 6.32. The molecule has 0 bridgehead atoms. The van der Waals surface area contributed by atoms with E-state index in [0.717, 1.165) is 0 Å². The van der Waals surface area contributed by atoms with Crippen LogP contribution in [0.5, 0.6) is 5.75 Å². The first-order valence-electron chi connectivity index (χ1n) is 4.66. The van der Waals surface area contributed by atoms with Crippen LogP contribution in [-0.4, -0.2) is 17.7 Å². The zero-order valence-electron chi connectivity index (χ0n) is 8.66. The highest BCUT2D eigenvalue weighted by Gasteiger charge is 2.14. The van der Waals surface area contributed by atoms with Crippen molar-refractivity contribution in [2.75, 3.05) is 6.61 Å². The highest BCUT2D eigenvalue weighted by Crippen LogP contribution is 2.29. The van der Waals surface area contributed by atoms with E-state index < -0.39 is 5.97 Å². The Kier molecular flexibility index (Phi) is 4.15. The summed E-state index contributed by atoms with van der Waals surface area (Å²) in [6, 6.07) is 4.74. The summed E-state index contributed by atoms with van der Waals surface area (Å²) in [5.74, 6) is -0.716. The van der Waals surface area contributed by atoms with E-state index in [-0.39, 0.29) is 29.4 Å². The van der Waals surface area contributed by atoms with Crippen LogP contribution in [0.3, 0.4) is 0 Å². The van der Waals surface area contributed by atoms with E-state index in [1.165, 1.54) is 12.1 Å². The molecule has 1 aromatic rings. The van der Waals surface area contributed by atoms with Gasteiger partial charge in [-0.15, -0.1) is 0 Å². The molecular formula is C11H10ClNO3. The zero-order chi connectivity index (χ0) is 12.1. The molecular weight excluding hydrogens is 230 g/mol. The Morgan fingerprint density at radius 1 is 1.62 bits per heavy atom. The Labute approximate surface area is 98.0 Å². The van der Waals surface area contributed by atoms with Crippen molar-refractivity contribution in [3.63, 3.8) is 0 Å². The van der Waals surface area contributed by atoms with Gasteiger partial charge in [0.15, 0.2) is 0 Å². The Balaban J connectivity index is 2.99. The second kappa shape index (κ2) is 5.38. The van der Waals surface area contributed by atoms with Crippen molar-refractivity contribution in [2.24, 2.45) is 0 Å². The van der Waals surface area contributed by atoms with Crippen molar-refractivity contribution in [3.05, 3.63) is 28.3 Å². The number of hydrogen-bond donors (Lipinski definition) is 1. The number of carbonyl (C=O) groups excluding carboxylic acids is 1. The summed E-state index contributed by atoms with van der Waals surface area (Å²) in [5, 5.41) is 18.6. The predicted octanol–water partition coefficient (Wildman–Crippen LogP) is 2.02. The first-order chi connectivity index (χ1) is 7.60. The molecule has 5 heteroatoms. The molecule has 4 nitrogen and oxygen atoms in total. The summed E-state index contributed by atoms with van der Waals surface area (Å²) >= 11 is 5.70. The van der Waals surface area contributed by atoms with Gasteiger partial charge >= 0.3 is 5.97 Å². The molecule has 0 fully saturated rings. The molecule has 0 radical (unpaired) electrons. The predicted molar refractivity (Wildman–Crippen MR) is 58.2 cm³/mol. The fraction of sp³-hybridized carbons (Fsp3) is 0.273. The van der Waals surface area contributed by atoms with Crippen LogP contribution < -0.4 is 0 Å². The van der Waals surface area contributed by atoms with Gasteiger partial charge in [-0.25, -0.2) is 0 Å². The number of phenolic OH excluding ortho intramolecular Hbond substituents is 1. The number of ether oxygens (including phenoxy) is 1. The van der Waals surface area contributed by atoms with E-state index in [9.17, 15) is 9.90 Å². The average molecular weight is 240 g/mol. The fourth-order valence-corrected chi connectivity index (χ4v) is 1.42. The van der Waals surface area contributed by atoms with Gasteiger partial charge in [0.05, 0.1) is 18.1 Å². The van der Waals surface area contributed by atoms with Gasteiger partial charge in [-0.1, -0.05) is 17.7 Å². The Bertz CT molecular complexity index is 451. The maximum Gasteiger partial charge on any atom is 0.310 e. The van der Waals surface area contributed by atoms with Crippen LogP contribution in [0, 0.1) is 11.3 Å². The number of halogens is 1. The molecule has 84 valence electrons. The molecule has 0 aromatic heterocycles. The van der Waals surface area contributed by atoms with Crippen LogP contribution in [0.25, 0.3) is 0 Å². The second-order valence-electron chi connectivity index (χ2n) is 3.02. The third kappa shape index (κ3) is 2.65. The van der Waals surface area contributed by atoms with Gasteiger partial charge in [0.25, 0.3) is 0 Å². The number of esters is 1. The smallest absolute Gasteiger partial charge is 0.310 e. The van der Waals surface area contributed by atoms with Crippen molar-refractivity contribution in [1.82, 2.24) is 0 Å². The van der Waals surface area contributed by atoms with Crippen LogP contribution in [0.4, 0.5) is 0 Å². The lowest BCUT2D eigenvalue weighted by Gasteiger charge is -2.06. The van der Waals surface area contributed by atoms with Gasteiger partial charge in [0.1, 0.15) is 17.4 Å². The zero-order valence-corrected chi connectivity index (χ0v) is 9.41. The monoisotopic (exact) mass is 239 g/mol. The Morgan fingerprint density at radius 2 is 2.31 bits per heavy atom. The summed E-state index contributed by atoms with van der Waals surface area (Å²) in [7, 11) is 0. The van der Waals surface area contributed by atoms with E-state index in [4.69, 9.17) is 21.6 Å². The van der Waals surface area contributed by atoms with Crippen molar-refractivity contribution >= 4 is 17.6 Å². The van der Waals surface area contributed by atoms with Gasteiger partial charge < -0.3 is 9.84 Å². The molecule has 0 unspecified atom stereocenters. The van der Waals surface area contributed by atoms with Gasteiger partial charge in [-0.2, -0.15) is 5.26 Å². The standard InChI is InChI=1S/C11H10ClNO3/c1-2-16-10(14)5-7-3-4-9(12)8(6-13)11(7)15/h3-4,15H,2,5H2,1H3. The van der Waals surface area contributed by atoms with Crippen molar-refractivity contribution in [2.45, 2.75) is 13.3 Å². The van der Waals surface area contributed by atoms with E-state index in [1.807, 2.05) is 0 Å². The molecule has 0 heterocycles. The van der Waals surface area contributed by atoms with Crippen LogP contribution in [0.1, 0.15) is 18.1 Å². The van der Waals surface area contributed by atoms with Crippen molar-refractivity contribution in [3.8, 4) is 11.8 Å². The quantitative estimate of drug-likeness (QED) is 0.820.